The van der Waals surface area contributed by atoms with Crippen molar-refractivity contribution in [1.29, 1.82) is 0 Å². The maximum absolute atomic E-state index is 11.4. The van der Waals surface area contributed by atoms with Crippen LogP contribution in [0.4, 0.5) is 0 Å². The summed E-state index contributed by atoms with van der Waals surface area (Å²) < 4.78 is 12.3. The zero-order chi connectivity index (χ0) is 17.6. The Morgan fingerprint density at radius 1 is 1.09 bits per heavy atom. The van der Waals surface area contributed by atoms with Gasteiger partial charge in [-0.25, -0.2) is 0 Å². The van der Waals surface area contributed by atoms with Crippen LogP contribution in [-0.2, 0) is 14.1 Å². The fraction of sp³-hybridized carbons (Fsp3) is 0.611. The van der Waals surface area contributed by atoms with E-state index in [0.29, 0.717) is 0 Å². The maximum Gasteiger partial charge on any atom is 0.466 e. The molecule has 1 aliphatic rings. The number of carbonyl (C=O) groups is 1. The molecule has 0 bridgehead atoms. The highest BCUT2D eigenvalue weighted by molar-refractivity contribution is 6.48. The van der Waals surface area contributed by atoms with Crippen LogP contribution in [0.5, 0.6) is 0 Å². The lowest BCUT2D eigenvalue weighted by Gasteiger charge is -2.32. The largest absolute Gasteiger partial charge is 0.481 e. The number of carboxylic acids is 1. The van der Waals surface area contributed by atoms with Crippen LogP contribution in [0.3, 0.4) is 0 Å². The molecule has 1 N–H and O–H groups in total. The summed E-state index contributed by atoms with van der Waals surface area (Å²) in [5.74, 6) is -1.17. The summed E-state index contributed by atoms with van der Waals surface area (Å²) in [6.07, 6.45) is -0.0123. The van der Waals surface area contributed by atoms with Crippen LogP contribution in [-0.4, -0.2) is 29.4 Å². The molecule has 1 aromatic rings. The second-order valence-electron chi connectivity index (χ2n) is 7.64. The van der Waals surface area contributed by atoms with Gasteiger partial charge in [-0.15, -0.1) is 0 Å². The van der Waals surface area contributed by atoms with Crippen molar-refractivity contribution < 1.29 is 19.2 Å². The van der Waals surface area contributed by atoms with Gasteiger partial charge in [-0.2, -0.15) is 0 Å². The number of rotatable bonds is 4. The van der Waals surface area contributed by atoms with Gasteiger partial charge in [-0.05, 0) is 65.2 Å². The van der Waals surface area contributed by atoms with Gasteiger partial charge in [-0.1, -0.05) is 17.7 Å². The Morgan fingerprint density at radius 2 is 1.52 bits per heavy atom. The molecule has 1 unspecified atom stereocenters. The van der Waals surface area contributed by atoms with Crippen LogP contribution in [0.1, 0.15) is 62.2 Å². The molecule has 0 radical (unpaired) electrons. The third-order valence-corrected chi connectivity index (χ3v) is 5.10. The second kappa shape index (κ2) is 5.95. The van der Waals surface area contributed by atoms with Crippen molar-refractivity contribution in [2.75, 3.05) is 0 Å². The minimum absolute atomic E-state index is 0.0123. The normalized spacial score (nSPS) is 20.6. The lowest BCUT2D eigenvalue weighted by atomic mass is 9.64. The van der Waals surface area contributed by atoms with Gasteiger partial charge < -0.3 is 14.4 Å². The molecule has 0 spiro atoms. The van der Waals surface area contributed by atoms with Crippen molar-refractivity contribution >= 4 is 13.1 Å². The van der Waals surface area contributed by atoms with Gasteiger partial charge in [0, 0.05) is 5.82 Å². The van der Waals surface area contributed by atoms with Crippen LogP contribution >= 0.6 is 0 Å². The van der Waals surface area contributed by atoms with Gasteiger partial charge in [0.25, 0.3) is 0 Å². The Kier molecular flexibility index (Phi) is 4.66. The van der Waals surface area contributed by atoms with E-state index in [-0.39, 0.29) is 12.2 Å². The minimum atomic E-state index is -0.843. The molecule has 1 aromatic carbocycles. The van der Waals surface area contributed by atoms with E-state index in [4.69, 9.17) is 9.31 Å². The molecule has 126 valence electrons. The molecule has 2 rings (SSSR count). The molecule has 1 heterocycles. The first-order chi connectivity index (χ1) is 10.4. The van der Waals surface area contributed by atoms with Crippen molar-refractivity contribution in [2.24, 2.45) is 0 Å². The number of carboxylic acid groups (broad SMARTS) is 1. The molecule has 0 aromatic heterocycles. The van der Waals surface area contributed by atoms with Gasteiger partial charge in [0.1, 0.15) is 0 Å². The minimum Gasteiger partial charge on any atom is -0.481 e. The number of aryl methyl sites for hydroxylation is 3. The SMILES string of the molecule is Cc1cc(C)c(C(CC(=O)O)B2OC(C)(C)C(C)(C)O2)c(C)c1. The van der Waals surface area contributed by atoms with Crippen molar-refractivity contribution in [3.05, 3.63) is 34.4 Å². The summed E-state index contributed by atoms with van der Waals surface area (Å²) in [6, 6.07) is 4.17. The first-order valence-corrected chi connectivity index (χ1v) is 8.10. The van der Waals surface area contributed by atoms with E-state index in [1.807, 2.05) is 48.5 Å². The van der Waals surface area contributed by atoms with Crippen molar-refractivity contribution in [1.82, 2.24) is 0 Å². The van der Waals surface area contributed by atoms with Gasteiger partial charge in [0.15, 0.2) is 0 Å². The second-order valence-corrected chi connectivity index (χ2v) is 7.64. The summed E-state index contributed by atoms with van der Waals surface area (Å²) in [6.45, 7) is 14.0. The summed E-state index contributed by atoms with van der Waals surface area (Å²) in [4.78, 5) is 11.4. The van der Waals surface area contributed by atoms with Gasteiger partial charge in [0.05, 0.1) is 17.6 Å². The number of benzene rings is 1. The quantitative estimate of drug-likeness (QED) is 0.858. The summed E-state index contributed by atoms with van der Waals surface area (Å²) in [5, 5.41) is 9.39. The third kappa shape index (κ3) is 3.46. The fourth-order valence-electron chi connectivity index (χ4n) is 3.35. The monoisotopic (exact) mass is 318 g/mol. The number of aliphatic carboxylic acids is 1. The Morgan fingerprint density at radius 3 is 1.91 bits per heavy atom. The molecule has 1 atom stereocenters. The zero-order valence-corrected chi connectivity index (χ0v) is 15.2. The fourth-order valence-corrected chi connectivity index (χ4v) is 3.35. The molecule has 23 heavy (non-hydrogen) atoms. The molecule has 1 aliphatic heterocycles. The summed E-state index contributed by atoms with van der Waals surface area (Å²) in [5.41, 5.74) is 3.43. The van der Waals surface area contributed by atoms with Gasteiger partial charge in [0.2, 0.25) is 0 Å². The highest BCUT2D eigenvalue weighted by Gasteiger charge is 2.54. The van der Waals surface area contributed by atoms with E-state index in [2.05, 4.69) is 12.1 Å². The smallest absolute Gasteiger partial charge is 0.466 e. The van der Waals surface area contributed by atoms with E-state index in [1.54, 1.807) is 0 Å². The number of hydrogen-bond donors (Lipinski definition) is 1. The molecular weight excluding hydrogens is 291 g/mol. The van der Waals surface area contributed by atoms with Crippen molar-refractivity contribution in [2.45, 2.75) is 71.9 Å². The van der Waals surface area contributed by atoms with E-state index >= 15 is 0 Å². The lowest BCUT2D eigenvalue weighted by molar-refractivity contribution is -0.137. The third-order valence-electron chi connectivity index (χ3n) is 5.10. The van der Waals surface area contributed by atoms with E-state index in [1.165, 1.54) is 5.56 Å². The first kappa shape index (κ1) is 18.0. The van der Waals surface area contributed by atoms with Crippen LogP contribution in [0, 0.1) is 20.8 Å². The van der Waals surface area contributed by atoms with Crippen LogP contribution in [0.15, 0.2) is 12.1 Å². The molecule has 0 aliphatic carbocycles. The van der Waals surface area contributed by atoms with Crippen molar-refractivity contribution in [3.8, 4) is 0 Å². The van der Waals surface area contributed by atoms with Crippen molar-refractivity contribution in [3.63, 3.8) is 0 Å². The van der Waals surface area contributed by atoms with Crippen LogP contribution in [0.2, 0.25) is 0 Å². The molecule has 1 saturated heterocycles. The maximum atomic E-state index is 11.4. The molecule has 0 saturated carbocycles. The average Bonchev–Trinajstić information content (AvgIpc) is 2.55. The average molecular weight is 318 g/mol. The summed E-state index contributed by atoms with van der Waals surface area (Å²) >= 11 is 0. The Balaban J connectivity index is 2.46. The van der Waals surface area contributed by atoms with Crippen LogP contribution in [0.25, 0.3) is 0 Å². The van der Waals surface area contributed by atoms with Crippen LogP contribution < -0.4 is 0 Å². The lowest BCUT2D eigenvalue weighted by Crippen LogP contribution is -2.41. The number of hydrogen-bond acceptors (Lipinski definition) is 3. The first-order valence-electron chi connectivity index (χ1n) is 8.10. The zero-order valence-electron chi connectivity index (χ0n) is 15.2. The predicted octanol–water partition coefficient (Wildman–Crippen LogP) is 3.80. The Labute approximate surface area is 139 Å². The molecular formula is C18H27BO4. The van der Waals surface area contributed by atoms with Gasteiger partial charge >= 0.3 is 13.1 Å². The summed E-state index contributed by atoms with van der Waals surface area (Å²) in [7, 11) is -0.559. The molecule has 5 heteroatoms. The Bertz CT molecular complexity index is 582. The van der Waals surface area contributed by atoms with Gasteiger partial charge in [-0.3, -0.25) is 4.79 Å². The molecule has 1 fully saturated rings. The standard InChI is InChI=1S/C18H27BO4/c1-11-8-12(2)16(13(3)9-11)14(10-15(20)21)19-22-17(4,5)18(6,7)23-19/h8-9,14H,10H2,1-7H3,(H,20,21). The predicted molar refractivity (Wildman–Crippen MR) is 91.7 cm³/mol. The molecule has 4 nitrogen and oxygen atoms in total. The highest BCUT2D eigenvalue weighted by Crippen LogP contribution is 2.43. The highest BCUT2D eigenvalue weighted by atomic mass is 16.7. The van der Waals surface area contributed by atoms with E-state index in [0.717, 1.165) is 16.7 Å². The topological polar surface area (TPSA) is 55.8 Å². The Hall–Kier alpha value is -1.33. The molecule has 0 amide bonds. The van der Waals surface area contributed by atoms with E-state index < -0.39 is 24.3 Å². The van der Waals surface area contributed by atoms with E-state index in [9.17, 15) is 9.90 Å².